The minimum Gasteiger partial charge on any atom is -0.507 e. The molecule has 0 saturated heterocycles. The third-order valence-electron chi connectivity index (χ3n) is 2.17. The van der Waals surface area contributed by atoms with Crippen LogP contribution >= 0.6 is 28.3 Å². The first-order valence-electron chi connectivity index (χ1n) is 4.48. The fourth-order valence-corrected chi connectivity index (χ4v) is 1.76. The van der Waals surface area contributed by atoms with Crippen LogP contribution in [0.4, 0.5) is 0 Å². The summed E-state index contributed by atoms with van der Waals surface area (Å²) < 4.78 is 0.594. The van der Waals surface area contributed by atoms with Crippen molar-refractivity contribution in [1.29, 1.82) is 0 Å². The summed E-state index contributed by atoms with van der Waals surface area (Å²) in [4.78, 5) is 10.8. The molecule has 90 valence electrons. The van der Waals surface area contributed by atoms with Crippen LogP contribution in [0.5, 0.6) is 5.75 Å². The molecule has 1 aromatic carbocycles. The van der Waals surface area contributed by atoms with Gasteiger partial charge in [0.05, 0.1) is 0 Å². The van der Waals surface area contributed by atoms with E-state index in [1.165, 1.54) is 6.07 Å². The van der Waals surface area contributed by atoms with E-state index in [4.69, 9.17) is 10.8 Å². The SMILES string of the molecule is CC[C@H](N)c1cc(Br)cc(C(=O)O)c1O.Cl. The van der Waals surface area contributed by atoms with E-state index in [9.17, 15) is 9.90 Å². The number of carbonyl (C=O) groups is 1. The van der Waals surface area contributed by atoms with Gasteiger partial charge in [-0.2, -0.15) is 0 Å². The average molecular weight is 311 g/mol. The number of phenols is 1. The summed E-state index contributed by atoms with van der Waals surface area (Å²) >= 11 is 3.18. The van der Waals surface area contributed by atoms with Gasteiger partial charge < -0.3 is 15.9 Å². The highest BCUT2D eigenvalue weighted by Gasteiger charge is 2.18. The first kappa shape index (κ1) is 15.2. The third-order valence-corrected chi connectivity index (χ3v) is 2.63. The lowest BCUT2D eigenvalue weighted by Crippen LogP contribution is -2.10. The summed E-state index contributed by atoms with van der Waals surface area (Å²) in [6, 6.07) is 2.63. The molecular weight excluding hydrogens is 297 g/mol. The van der Waals surface area contributed by atoms with E-state index >= 15 is 0 Å². The van der Waals surface area contributed by atoms with Gasteiger partial charge in [-0.1, -0.05) is 22.9 Å². The largest absolute Gasteiger partial charge is 0.507 e. The molecule has 0 aliphatic heterocycles. The molecule has 1 rings (SSSR count). The highest BCUT2D eigenvalue weighted by atomic mass is 79.9. The van der Waals surface area contributed by atoms with E-state index in [0.717, 1.165) is 0 Å². The number of aromatic carboxylic acids is 1. The zero-order valence-corrected chi connectivity index (χ0v) is 11.0. The van der Waals surface area contributed by atoms with Crippen molar-refractivity contribution >= 4 is 34.3 Å². The molecule has 4 N–H and O–H groups in total. The number of aromatic hydroxyl groups is 1. The number of hydrogen-bond acceptors (Lipinski definition) is 3. The van der Waals surface area contributed by atoms with Crippen molar-refractivity contribution in [1.82, 2.24) is 0 Å². The number of benzene rings is 1. The van der Waals surface area contributed by atoms with E-state index in [2.05, 4.69) is 15.9 Å². The Kier molecular flexibility index (Phi) is 5.78. The van der Waals surface area contributed by atoms with E-state index in [-0.39, 0.29) is 29.8 Å². The lowest BCUT2D eigenvalue weighted by Gasteiger charge is -2.13. The lowest BCUT2D eigenvalue weighted by atomic mass is 10.0. The molecule has 1 atom stereocenters. The molecular formula is C10H13BrClNO3. The third kappa shape index (κ3) is 3.10. The van der Waals surface area contributed by atoms with Gasteiger partial charge in [0.1, 0.15) is 11.3 Å². The Bertz CT molecular complexity index is 398. The van der Waals surface area contributed by atoms with Crippen molar-refractivity contribution in [2.24, 2.45) is 5.73 Å². The molecule has 16 heavy (non-hydrogen) atoms. The fourth-order valence-electron chi connectivity index (χ4n) is 1.29. The molecule has 0 unspecified atom stereocenters. The molecule has 0 amide bonds. The van der Waals surface area contributed by atoms with Gasteiger partial charge in [0.15, 0.2) is 0 Å². The zero-order valence-electron chi connectivity index (χ0n) is 8.61. The van der Waals surface area contributed by atoms with Gasteiger partial charge in [-0.05, 0) is 18.6 Å². The van der Waals surface area contributed by atoms with Crippen LogP contribution in [-0.4, -0.2) is 16.2 Å². The minimum absolute atomic E-state index is 0. The fraction of sp³-hybridized carbons (Fsp3) is 0.300. The van der Waals surface area contributed by atoms with Gasteiger partial charge in [0.2, 0.25) is 0 Å². The monoisotopic (exact) mass is 309 g/mol. The number of rotatable bonds is 3. The molecule has 4 nitrogen and oxygen atoms in total. The Balaban J connectivity index is 0.00000225. The summed E-state index contributed by atoms with van der Waals surface area (Å²) in [5.74, 6) is -1.42. The van der Waals surface area contributed by atoms with Gasteiger partial charge in [-0.3, -0.25) is 0 Å². The maximum absolute atomic E-state index is 10.8. The number of carboxylic acids is 1. The predicted octanol–water partition coefficient (Wildman–Crippen LogP) is 2.68. The Labute approximate surface area is 108 Å². The number of hydrogen-bond donors (Lipinski definition) is 3. The van der Waals surface area contributed by atoms with Crippen LogP contribution in [0, 0.1) is 0 Å². The highest BCUT2D eigenvalue weighted by Crippen LogP contribution is 2.31. The topological polar surface area (TPSA) is 83.6 Å². The van der Waals surface area contributed by atoms with E-state index in [0.29, 0.717) is 16.5 Å². The molecule has 0 fully saturated rings. The second-order valence-electron chi connectivity index (χ2n) is 3.21. The molecule has 0 aromatic heterocycles. The maximum Gasteiger partial charge on any atom is 0.339 e. The maximum atomic E-state index is 10.8. The molecule has 0 aliphatic carbocycles. The van der Waals surface area contributed by atoms with E-state index in [1.807, 2.05) is 6.92 Å². The molecule has 0 spiro atoms. The van der Waals surface area contributed by atoms with Crippen molar-refractivity contribution in [3.05, 3.63) is 27.7 Å². The molecule has 0 aliphatic rings. The molecule has 0 saturated carbocycles. The Morgan fingerprint density at radius 3 is 2.56 bits per heavy atom. The zero-order chi connectivity index (χ0) is 11.6. The van der Waals surface area contributed by atoms with Crippen molar-refractivity contribution < 1.29 is 15.0 Å². The lowest BCUT2D eigenvalue weighted by molar-refractivity contribution is 0.0693. The molecule has 6 heteroatoms. The van der Waals surface area contributed by atoms with Crippen LogP contribution < -0.4 is 5.73 Å². The predicted molar refractivity (Wildman–Crippen MR) is 67.2 cm³/mol. The van der Waals surface area contributed by atoms with Gasteiger partial charge in [0.25, 0.3) is 0 Å². The number of halogens is 2. The normalized spacial score (nSPS) is 11.7. The summed E-state index contributed by atoms with van der Waals surface area (Å²) in [5, 5.41) is 18.6. The van der Waals surface area contributed by atoms with Crippen LogP contribution in [0.1, 0.15) is 35.3 Å². The number of carboxylic acid groups (broad SMARTS) is 1. The second kappa shape index (κ2) is 6.08. The Morgan fingerprint density at radius 1 is 1.56 bits per heavy atom. The summed E-state index contributed by atoms with van der Waals surface area (Å²) in [6.45, 7) is 1.87. The first-order valence-corrected chi connectivity index (χ1v) is 5.28. The van der Waals surface area contributed by atoms with Crippen molar-refractivity contribution in [2.45, 2.75) is 19.4 Å². The van der Waals surface area contributed by atoms with Crippen molar-refractivity contribution in [2.75, 3.05) is 0 Å². The smallest absolute Gasteiger partial charge is 0.339 e. The quantitative estimate of drug-likeness (QED) is 0.801. The Hall–Kier alpha value is -0.780. The van der Waals surface area contributed by atoms with Crippen LogP contribution in [0.2, 0.25) is 0 Å². The highest BCUT2D eigenvalue weighted by molar-refractivity contribution is 9.10. The van der Waals surface area contributed by atoms with Crippen LogP contribution in [-0.2, 0) is 0 Å². The molecule has 0 bridgehead atoms. The standard InChI is InChI=1S/C10H12BrNO3.ClH/c1-2-8(12)6-3-5(11)4-7(9(6)13)10(14)15;/h3-4,8,13H,2,12H2,1H3,(H,14,15);1H/t8-;/m0./s1. The Morgan fingerprint density at radius 2 is 2.12 bits per heavy atom. The van der Waals surface area contributed by atoms with Crippen LogP contribution in [0.15, 0.2) is 16.6 Å². The molecule has 0 heterocycles. The van der Waals surface area contributed by atoms with Gasteiger partial charge in [-0.15, -0.1) is 12.4 Å². The average Bonchev–Trinajstić information content (AvgIpc) is 2.19. The first-order chi connectivity index (χ1) is 6.97. The van der Waals surface area contributed by atoms with Gasteiger partial charge in [0, 0.05) is 16.1 Å². The van der Waals surface area contributed by atoms with Gasteiger partial charge in [-0.25, -0.2) is 4.79 Å². The molecule has 1 aromatic rings. The van der Waals surface area contributed by atoms with Crippen LogP contribution in [0.3, 0.4) is 0 Å². The van der Waals surface area contributed by atoms with E-state index < -0.39 is 5.97 Å². The summed E-state index contributed by atoms with van der Waals surface area (Å²) in [6.07, 6.45) is 0.628. The summed E-state index contributed by atoms with van der Waals surface area (Å²) in [7, 11) is 0. The van der Waals surface area contributed by atoms with Crippen LogP contribution in [0.25, 0.3) is 0 Å². The van der Waals surface area contributed by atoms with Gasteiger partial charge >= 0.3 is 5.97 Å². The summed E-state index contributed by atoms with van der Waals surface area (Å²) in [5.41, 5.74) is 6.07. The molecule has 0 radical (unpaired) electrons. The van der Waals surface area contributed by atoms with E-state index in [1.54, 1.807) is 6.07 Å². The second-order valence-corrected chi connectivity index (χ2v) is 4.13. The van der Waals surface area contributed by atoms with Crippen molar-refractivity contribution in [3.8, 4) is 5.75 Å². The number of nitrogens with two attached hydrogens (primary N) is 1. The van der Waals surface area contributed by atoms with Crippen molar-refractivity contribution in [3.63, 3.8) is 0 Å². The minimum atomic E-state index is -1.17.